The molecule has 0 radical (unpaired) electrons. The Morgan fingerprint density at radius 3 is 2.76 bits per heavy atom. The summed E-state index contributed by atoms with van der Waals surface area (Å²) in [6.07, 6.45) is 1.45. The minimum atomic E-state index is 0.327. The molecular weight excluding hydrogens is 260 g/mol. The lowest BCUT2D eigenvalue weighted by molar-refractivity contribution is 0.195. The first kappa shape index (κ1) is 14.4. The van der Waals surface area contributed by atoms with E-state index in [9.17, 15) is 0 Å². The van der Waals surface area contributed by atoms with E-state index in [1.54, 1.807) is 0 Å². The normalized spacial score (nSPS) is 19.5. The first-order valence-electron chi connectivity index (χ1n) is 7.73. The van der Waals surface area contributed by atoms with Gasteiger partial charge in [0, 0.05) is 26.2 Å². The molecule has 1 aliphatic rings. The highest BCUT2D eigenvalue weighted by atomic mass is 16.5. The number of fused-ring (bicyclic) bond motifs is 1. The highest BCUT2D eigenvalue weighted by Crippen LogP contribution is 2.23. The summed E-state index contributed by atoms with van der Waals surface area (Å²) in [4.78, 5) is 4.73. The maximum Gasteiger partial charge on any atom is 0.120 e. The molecule has 112 valence electrons. The van der Waals surface area contributed by atoms with E-state index in [4.69, 9.17) is 4.74 Å². The van der Waals surface area contributed by atoms with Gasteiger partial charge in [-0.15, -0.1) is 0 Å². The molecule has 1 atom stereocenters. The number of likely N-dealkylation sites (tertiary alicyclic amines) is 1. The molecule has 0 aromatic heterocycles. The lowest BCUT2D eigenvalue weighted by Crippen LogP contribution is -2.31. The summed E-state index contributed by atoms with van der Waals surface area (Å²) < 4.78 is 6.17. The van der Waals surface area contributed by atoms with Crippen molar-refractivity contribution < 1.29 is 4.74 Å². The van der Waals surface area contributed by atoms with Crippen molar-refractivity contribution in [2.75, 3.05) is 40.3 Å². The summed E-state index contributed by atoms with van der Waals surface area (Å²) in [6, 6.07) is 14.8. The Labute approximate surface area is 127 Å². The van der Waals surface area contributed by atoms with Crippen LogP contribution in [0.25, 0.3) is 10.8 Å². The van der Waals surface area contributed by atoms with Crippen molar-refractivity contribution in [3.63, 3.8) is 0 Å². The van der Waals surface area contributed by atoms with Gasteiger partial charge in [-0.3, -0.25) is 4.90 Å². The fourth-order valence-electron chi connectivity index (χ4n) is 2.87. The van der Waals surface area contributed by atoms with Crippen molar-refractivity contribution in [2.24, 2.45) is 0 Å². The summed E-state index contributed by atoms with van der Waals surface area (Å²) in [5.41, 5.74) is 0. The molecule has 1 heterocycles. The molecule has 2 aromatic rings. The summed E-state index contributed by atoms with van der Waals surface area (Å²) in [5, 5.41) is 2.52. The van der Waals surface area contributed by atoms with Crippen LogP contribution in [0.3, 0.4) is 0 Å². The van der Waals surface area contributed by atoms with Crippen LogP contribution in [0.4, 0.5) is 0 Å². The number of hydrogen-bond donors (Lipinski definition) is 0. The van der Waals surface area contributed by atoms with Gasteiger partial charge in [-0.1, -0.05) is 30.3 Å². The average molecular weight is 284 g/mol. The maximum absolute atomic E-state index is 6.17. The van der Waals surface area contributed by atoms with E-state index in [1.807, 2.05) is 0 Å². The molecule has 3 heteroatoms. The fraction of sp³-hybridized carbons (Fsp3) is 0.444. The molecule has 0 N–H and O–H groups in total. The first-order valence-corrected chi connectivity index (χ1v) is 7.73. The number of nitrogens with zero attached hydrogens (tertiary/aromatic N) is 2. The Bertz CT molecular complexity index is 597. The van der Waals surface area contributed by atoms with Crippen LogP contribution in [0.2, 0.25) is 0 Å². The number of hydrogen-bond acceptors (Lipinski definition) is 3. The zero-order valence-corrected chi connectivity index (χ0v) is 13.0. The molecule has 1 saturated heterocycles. The third kappa shape index (κ3) is 3.74. The summed E-state index contributed by atoms with van der Waals surface area (Å²) in [5.74, 6) is 0.994. The van der Waals surface area contributed by atoms with Gasteiger partial charge in [-0.05, 0) is 43.4 Å². The van der Waals surface area contributed by atoms with Crippen molar-refractivity contribution in [1.82, 2.24) is 9.80 Å². The lowest BCUT2D eigenvalue weighted by atomic mass is 10.1. The Kier molecular flexibility index (Phi) is 4.42. The molecule has 0 saturated carbocycles. The summed E-state index contributed by atoms with van der Waals surface area (Å²) in [7, 11) is 4.25. The average Bonchev–Trinajstić information content (AvgIpc) is 2.92. The molecule has 3 nitrogen and oxygen atoms in total. The molecule has 0 amide bonds. The first-order chi connectivity index (χ1) is 10.2. The largest absolute Gasteiger partial charge is 0.489 e. The second kappa shape index (κ2) is 6.46. The quantitative estimate of drug-likeness (QED) is 0.839. The van der Waals surface area contributed by atoms with E-state index in [-0.39, 0.29) is 0 Å². The lowest BCUT2D eigenvalue weighted by Gasteiger charge is -2.19. The van der Waals surface area contributed by atoms with Gasteiger partial charge in [-0.25, -0.2) is 0 Å². The predicted molar refractivity (Wildman–Crippen MR) is 88.0 cm³/mol. The van der Waals surface area contributed by atoms with E-state index in [2.05, 4.69) is 66.4 Å². The van der Waals surface area contributed by atoms with Crippen LogP contribution in [0, 0.1) is 0 Å². The smallest absolute Gasteiger partial charge is 0.120 e. The van der Waals surface area contributed by atoms with Crippen LogP contribution in [0.5, 0.6) is 5.75 Å². The van der Waals surface area contributed by atoms with E-state index in [1.165, 1.54) is 10.8 Å². The molecule has 21 heavy (non-hydrogen) atoms. The van der Waals surface area contributed by atoms with Crippen molar-refractivity contribution >= 4 is 10.8 Å². The van der Waals surface area contributed by atoms with Crippen LogP contribution in [0.1, 0.15) is 6.42 Å². The monoisotopic (exact) mass is 284 g/mol. The molecule has 0 spiro atoms. The Hall–Kier alpha value is -1.58. The second-order valence-corrected chi connectivity index (χ2v) is 6.14. The Morgan fingerprint density at radius 1 is 1.14 bits per heavy atom. The van der Waals surface area contributed by atoms with Gasteiger partial charge in [0.25, 0.3) is 0 Å². The highest BCUT2D eigenvalue weighted by Gasteiger charge is 2.23. The molecular formula is C18H24N2O. The van der Waals surface area contributed by atoms with Gasteiger partial charge in [-0.2, -0.15) is 0 Å². The Morgan fingerprint density at radius 2 is 1.95 bits per heavy atom. The molecule has 0 aliphatic carbocycles. The van der Waals surface area contributed by atoms with Crippen molar-refractivity contribution in [3.8, 4) is 5.75 Å². The topological polar surface area (TPSA) is 15.7 Å². The molecule has 0 bridgehead atoms. The Balaban J connectivity index is 1.58. The molecule has 3 rings (SSSR count). The van der Waals surface area contributed by atoms with E-state index in [0.717, 1.165) is 38.3 Å². The summed E-state index contributed by atoms with van der Waals surface area (Å²) in [6.45, 7) is 4.43. The van der Waals surface area contributed by atoms with Gasteiger partial charge in [0.2, 0.25) is 0 Å². The van der Waals surface area contributed by atoms with Crippen LogP contribution < -0.4 is 4.74 Å². The second-order valence-electron chi connectivity index (χ2n) is 6.14. The van der Waals surface area contributed by atoms with E-state index < -0.39 is 0 Å². The standard InChI is InChI=1S/C18H24N2O/c1-19(2)11-12-20-10-9-18(14-20)21-17-8-7-15-5-3-4-6-16(15)13-17/h3-8,13,18H,9-12,14H2,1-2H3. The molecule has 2 aromatic carbocycles. The van der Waals surface area contributed by atoms with Gasteiger partial charge in [0.15, 0.2) is 0 Å². The van der Waals surface area contributed by atoms with Gasteiger partial charge < -0.3 is 9.64 Å². The summed E-state index contributed by atoms with van der Waals surface area (Å²) >= 11 is 0. The predicted octanol–water partition coefficient (Wildman–Crippen LogP) is 2.85. The highest BCUT2D eigenvalue weighted by molar-refractivity contribution is 5.83. The van der Waals surface area contributed by atoms with Gasteiger partial charge >= 0.3 is 0 Å². The number of benzene rings is 2. The van der Waals surface area contributed by atoms with Gasteiger partial charge in [0.05, 0.1) is 0 Å². The SMILES string of the molecule is CN(C)CCN1CCC(Oc2ccc3ccccc3c2)C1. The van der Waals surface area contributed by atoms with Crippen molar-refractivity contribution in [1.29, 1.82) is 0 Å². The van der Waals surface area contributed by atoms with E-state index in [0.29, 0.717) is 6.10 Å². The van der Waals surface area contributed by atoms with E-state index >= 15 is 0 Å². The molecule has 1 unspecified atom stereocenters. The number of rotatable bonds is 5. The minimum absolute atomic E-state index is 0.327. The zero-order chi connectivity index (χ0) is 14.7. The molecule has 1 aliphatic heterocycles. The van der Waals surface area contributed by atoms with Crippen LogP contribution in [0.15, 0.2) is 42.5 Å². The van der Waals surface area contributed by atoms with Crippen LogP contribution in [-0.2, 0) is 0 Å². The molecule has 1 fully saturated rings. The van der Waals surface area contributed by atoms with Crippen LogP contribution in [-0.4, -0.2) is 56.2 Å². The third-order valence-electron chi connectivity index (χ3n) is 4.12. The van der Waals surface area contributed by atoms with Crippen molar-refractivity contribution in [2.45, 2.75) is 12.5 Å². The number of ether oxygens (including phenoxy) is 1. The fourth-order valence-corrected chi connectivity index (χ4v) is 2.87. The maximum atomic E-state index is 6.17. The van der Waals surface area contributed by atoms with Crippen LogP contribution >= 0.6 is 0 Å². The number of likely N-dealkylation sites (N-methyl/N-ethyl adjacent to an activating group) is 1. The third-order valence-corrected chi connectivity index (χ3v) is 4.12. The zero-order valence-electron chi connectivity index (χ0n) is 13.0. The van der Waals surface area contributed by atoms with Gasteiger partial charge in [0.1, 0.15) is 11.9 Å². The van der Waals surface area contributed by atoms with Crippen molar-refractivity contribution in [3.05, 3.63) is 42.5 Å². The minimum Gasteiger partial charge on any atom is -0.489 e.